The SMILES string of the molecule is CC(C)(C#N)CCCCS(=O)c1ccc([N+](=O)[O-])cc1. The topological polar surface area (TPSA) is 84.0 Å². The van der Waals surface area contributed by atoms with Gasteiger partial charge in [0, 0.05) is 22.8 Å². The first-order valence-corrected chi connectivity index (χ1v) is 7.72. The summed E-state index contributed by atoms with van der Waals surface area (Å²) in [5.74, 6) is 0.513. The molecule has 1 aromatic carbocycles. The molecule has 0 aliphatic heterocycles. The summed E-state index contributed by atoms with van der Waals surface area (Å²) in [6, 6.07) is 8.04. The van der Waals surface area contributed by atoms with Crippen molar-refractivity contribution in [2.45, 2.75) is 38.0 Å². The molecule has 1 unspecified atom stereocenters. The van der Waals surface area contributed by atoms with E-state index in [1.54, 1.807) is 0 Å². The highest BCUT2D eigenvalue weighted by atomic mass is 32.2. The minimum Gasteiger partial charge on any atom is -0.258 e. The molecular formula is C14H18N2O3S. The molecule has 6 heteroatoms. The third kappa shape index (κ3) is 5.10. The van der Waals surface area contributed by atoms with Crippen molar-refractivity contribution in [1.82, 2.24) is 0 Å². The fourth-order valence-electron chi connectivity index (χ4n) is 1.69. The Morgan fingerprint density at radius 3 is 2.40 bits per heavy atom. The number of hydrogen-bond donors (Lipinski definition) is 0. The van der Waals surface area contributed by atoms with Crippen LogP contribution in [0.2, 0.25) is 0 Å². The number of non-ortho nitro benzene ring substituents is 1. The molecular weight excluding hydrogens is 276 g/mol. The molecule has 1 aromatic rings. The van der Waals surface area contributed by atoms with Crippen LogP contribution in [0.3, 0.4) is 0 Å². The van der Waals surface area contributed by atoms with Crippen LogP contribution in [0, 0.1) is 26.9 Å². The third-order valence-electron chi connectivity index (χ3n) is 2.99. The van der Waals surface area contributed by atoms with E-state index in [1.165, 1.54) is 24.3 Å². The Balaban J connectivity index is 2.44. The van der Waals surface area contributed by atoms with Crippen molar-refractivity contribution < 1.29 is 9.13 Å². The molecule has 5 nitrogen and oxygen atoms in total. The maximum absolute atomic E-state index is 12.0. The summed E-state index contributed by atoms with van der Waals surface area (Å²) in [5, 5.41) is 19.4. The van der Waals surface area contributed by atoms with Crippen LogP contribution in [0.4, 0.5) is 5.69 Å². The van der Waals surface area contributed by atoms with Gasteiger partial charge in [0.25, 0.3) is 5.69 Å². The molecule has 1 atom stereocenters. The average Bonchev–Trinajstić information content (AvgIpc) is 2.43. The smallest absolute Gasteiger partial charge is 0.258 e. The summed E-state index contributed by atoms with van der Waals surface area (Å²) in [4.78, 5) is 10.6. The molecule has 0 aliphatic rings. The van der Waals surface area contributed by atoms with Gasteiger partial charge in [-0.25, -0.2) is 0 Å². The lowest BCUT2D eigenvalue weighted by Gasteiger charge is -2.13. The Kier molecular flexibility index (Phi) is 5.83. The van der Waals surface area contributed by atoms with Crippen LogP contribution in [0.25, 0.3) is 0 Å². The molecule has 20 heavy (non-hydrogen) atoms. The molecule has 0 spiro atoms. The molecule has 0 saturated heterocycles. The Morgan fingerprint density at radius 1 is 1.30 bits per heavy atom. The first-order chi connectivity index (χ1) is 9.35. The molecule has 0 aliphatic carbocycles. The second kappa shape index (κ2) is 7.15. The summed E-state index contributed by atoms with van der Waals surface area (Å²) in [6.07, 6.45) is 2.40. The lowest BCUT2D eigenvalue weighted by Crippen LogP contribution is -2.08. The van der Waals surface area contributed by atoms with Gasteiger partial charge in [0.1, 0.15) is 0 Å². The molecule has 0 heterocycles. The van der Waals surface area contributed by atoms with Crippen LogP contribution in [0.5, 0.6) is 0 Å². The Labute approximate surface area is 121 Å². The number of benzene rings is 1. The summed E-state index contributed by atoms with van der Waals surface area (Å²) in [5.41, 5.74) is -0.337. The highest BCUT2D eigenvalue weighted by Gasteiger charge is 2.16. The van der Waals surface area contributed by atoms with E-state index >= 15 is 0 Å². The molecule has 0 N–H and O–H groups in total. The van der Waals surface area contributed by atoms with Gasteiger partial charge in [0.05, 0.1) is 27.2 Å². The van der Waals surface area contributed by atoms with E-state index in [0.29, 0.717) is 10.6 Å². The van der Waals surface area contributed by atoms with E-state index in [0.717, 1.165) is 19.3 Å². The molecule has 0 saturated carbocycles. The van der Waals surface area contributed by atoms with Gasteiger partial charge in [0.15, 0.2) is 0 Å². The number of rotatable bonds is 7. The summed E-state index contributed by atoms with van der Waals surface area (Å²) in [7, 11) is -1.14. The monoisotopic (exact) mass is 294 g/mol. The Hall–Kier alpha value is -1.74. The highest BCUT2D eigenvalue weighted by molar-refractivity contribution is 7.85. The second-order valence-corrected chi connectivity index (χ2v) is 6.82. The van der Waals surface area contributed by atoms with Crippen molar-refractivity contribution in [1.29, 1.82) is 5.26 Å². The van der Waals surface area contributed by atoms with E-state index in [-0.39, 0.29) is 11.1 Å². The van der Waals surface area contributed by atoms with Crippen LogP contribution < -0.4 is 0 Å². The highest BCUT2D eigenvalue weighted by Crippen LogP contribution is 2.22. The van der Waals surface area contributed by atoms with Gasteiger partial charge >= 0.3 is 0 Å². The van der Waals surface area contributed by atoms with Crippen LogP contribution in [0.15, 0.2) is 29.2 Å². The number of hydrogen-bond acceptors (Lipinski definition) is 4. The van der Waals surface area contributed by atoms with Crippen molar-refractivity contribution in [3.63, 3.8) is 0 Å². The van der Waals surface area contributed by atoms with Crippen LogP contribution in [-0.4, -0.2) is 14.9 Å². The quantitative estimate of drug-likeness (QED) is 0.438. The largest absolute Gasteiger partial charge is 0.269 e. The molecule has 108 valence electrons. The van der Waals surface area contributed by atoms with Gasteiger partial charge in [0.2, 0.25) is 0 Å². The molecule has 0 radical (unpaired) electrons. The van der Waals surface area contributed by atoms with Crippen molar-refractivity contribution in [3.8, 4) is 6.07 Å². The van der Waals surface area contributed by atoms with Crippen LogP contribution in [0.1, 0.15) is 33.1 Å². The van der Waals surface area contributed by atoms with Gasteiger partial charge in [-0.15, -0.1) is 0 Å². The van der Waals surface area contributed by atoms with Crippen LogP contribution in [-0.2, 0) is 10.8 Å². The van der Waals surface area contributed by atoms with Gasteiger partial charge in [-0.1, -0.05) is 6.42 Å². The second-order valence-electron chi connectivity index (χ2n) is 5.25. The zero-order valence-electron chi connectivity index (χ0n) is 11.7. The summed E-state index contributed by atoms with van der Waals surface area (Å²) in [6.45, 7) is 3.78. The number of nitrogens with zero attached hydrogens (tertiary/aromatic N) is 2. The van der Waals surface area contributed by atoms with Crippen molar-refractivity contribution in [2.24, 2.45) is 5.41 Å². The van der Waals surface area contributed by atoms with Gasteiger partial charge in [-0.3, -0.25) is 14.3 Å². The minimum atomic E-state index is -1.14. The lowest BCUT2D eigenvalue weighted by molar-refractivity contribution is -0.384. The summed E-state index contributed by atoms with van der Waals surface area (Å²) >= 11 is 0. The zero-order valence-corrected chi connectivity index (χ0v) is 12.5. The third-order valence-corrected chi connectivity index (χ3v) is 4.45. The maximum atomic E-state index is 12.0. The fourth-order valence-corrected chi connectivity index (χ4v) is 2.84. The Morgan fingerprint density at radius 2 is 1.90 bits per heavy atom. The van der Waals surface area contributed by atoms with E-state index in [4.69, 9.17) is 5.26 Å². The average molecular weight is 294 g/mol. The van der Waals surface area contributed by atoms with Gasteiger partial charge in [-0.05, 0) is 38.8 Å². The van der Waals surface area contributed by atoms with E-state index < -0.39 is 15.7 Å². The lowest BCUT2D eigenvalue weighted by atomic mass is 9.89. The van der Waals surface area contributed by atoms with E-state index in [2.05, 4.69) is 6.07 Å². The zero-order chi connectivity index (χ0) is 15.2. The molecule has 0 amide bonds. The van der Waals surface area contributed by atoms with Crippen LogP contribution >= 0.6 is 0 Å². The van der Waals surface area contributed by atoms with Crippen molar-refractivity contribution in [2.75, 3.05) is 5.75 Å². The first kappa shape index (κ1) is 16.3. The molecule has 0 bridgehead atoms. The predicted molar refractivity (Wildman–Crippen MR) is 77.6 cm³/mol. The van der Waals surface area contributed by atoms with E-state index in [1.807, 2.05) is 13.8 Å². The number of nitriles is 1. The normalized spacial score (nSPS) is 12.7. The summed E-state index contributed by atoms with van der Waals surface area (Å²) < 4.78 is 12.0. The van der Waals surface area contributed by atoms with E-state index in [9.17, 15) is 14.3 Å². The number of nitro groups is 1. The minimum absolute atomic E-state index is 0.00141. The number of unbranched alkanes of at least 4 members (excludes halogenated alkanes) is 1. The van der Waals surface area contributed by atoms with Gasteiger partial charge in [-0.2, -0.15) is 5.26 Å². The fraction of sp³-hybridized carbons (Fsp3) is 0.500. The molecule has 1 rings (SSSR count). The molecule has 0 fully saturated rings. The molecule has 0 aromatic heterocycles. The Bertz CT molecular complexity index is 532. The first-order valence-electron chi connectivity index (χ1n) is 6.40. The van der Waals surface area contributed by atoms with Crippen molar-refractivity contribution in [3.05, 3.63) is 34.4 Å². The van der Waals surface area contributed by atoms with Gasteiger partial charge < -0.3 is 0 Å². The standard InChI is InChI=1S/C14H18N2O3S/c1-14(2,11-15)9-3-4-10-20(19)13-7-5-12(6-8-13)16(17)18/h5-8H,3-4,9-10H2,1-2H3. The maximum Gasteiger partial charge on any atom is 0.269 e. The number of nitro benzene ring substituents is 1. The van der Waals surface area contributed by atoms with Crippen molar-refractivity contribution >= 4 is 16.5 Å². The predicted octanol–water partition coefficient (Wildman–Crippen LogP) is 3.42.